The Bertz CT molecular complexity index is 859. The highest BCUT2D eigenvalue weighted by Crippen LogP contribution is 2.28. The van der Waals surface area contributed by atoms with E-state index in [0.717, 1.165) is 22.8 Å². The summed E-state index contributed by atoms with van der Waals surface area (Å²) >= 11 is 0. The summed E-state index contributed by atoms with van der Waals surface area (Å²) in [7, 11) is 0. The van der Waals surface area contributed by atoms with Gasteiger partial charge in [-0.05, 0) is 62.4 Å². The quantitative estimate of drug-likeness (QED) is 0.622. The number of carbonyl (C=O) groups is 1. The molecule has 4 heteroatoms. The number of rotatable bonds is 6. The van der Waals surface area contributed by atoms with E-state index in [2.05, 4.69) is 10.6 Å². The van der Waals surface area contributed by atoms with Gasteiger partial charge in [-0.1, -0.05) is 30.3 Å². The first-order valence-electron chi connectivity index (χ1n) is 8.61. The van der Waals surface area contributed by atoms with Crippen molar-refractivity contribution >= 4 is 23.0 Å². The molecule has 132 valence electrons. The van der Waals surface area contributed by atoms with Crippen LogP contribution in [0.3, 0.4) is 0 Å². The van der Waals surface area contributed by atoms with Gasteiger partial charge in [0.15, 0.2) is 0 Å². The average molecular weight is 346 g/mol. The first-order valence-corrected chi connectivity index (χ1v) is 8.61. The molecule has 26 heavy (non-hydrogen) atoms. The van der Waals surface area contributed by atoms with Gasteiger partial charge in [0.2, 0.25) is 0 Å². The van der Waals surface area contributed by atoms with Crippen LogP contribution in [0.25, 0.3) is 0 Å². The van der Waals surface area contributed by atoms with Crippen molar-refractivity contribution < 1.29 is 9.53 Å². The highest BCUT2D eigenvalue weighted by molar-refractivity contribution is 6.04. The third kappa shape index (κ3) is 4.63. The predicted molar refractivity (Wildman–Crippen MR) is 106 cm³/mol. The summed E-state index contributed by atoms with van der Waals surface area (Å²) in [6.07, 6.45) is 0.105. The summed E-state index contributed by atoms with van der Waals surface area (Å²) in [5.74, 6) is 0.686. The maximum absolute atomic E-state index is 12.2. The van der Waals surface area contributed by atoms with Gasteiger partial charge in [0.05, 0.1) is 11.8 Å². The van der Waals surface area contributed by atoms with Crippen molar-refractivity contribution in [3.63, 3.8) is 0 Å². The van der Waals surface area contributed by atoms with E-state index in [4.69, 9.17) is 4.74 Å². The van der Waals surface area contributed by atoms with Crippen LogP contribution in [-0.4, -0.2) is 12.0 Å². The van der Waals surface area contributed by atoms with Crippen molar-refractivity contribution in [2.45, 2.75) is 20.0 Å². The standard InChI is InChI=1S/C22H22N2O2/c1-16(2)26-21-11-7-6-10-20(21)23-18-12-14-19(15-13-18)24-22(25)17-8-4-3-5-9-17/h3-16,23H,1-2H3,(H,24,25). The number of ether oxygens (including phenoxy) is 1. The van der Waals surface area contributed by atoms with Crippen molar-refractivity contribution in [3.05, 3.63) is 84.4 Å². The normalized spacial score (nSPS) is 10.4. The molecule has 3 aromatic carbocycles. The van der Waals surface area contributed by atoms with Crippen LogP contribution in [0.5, 0.6) is 5.75 Å². The van der Waals surface area contributed by atoms with Gasteiger partial charge >= 0.3 is 0 Å². The van der Waals surface area contributed by atoms with Gasteiger partial charge in [-0.25, -0.2) is 0 Å². The number of hydrogen-bond donors (Lipinski definition) is 2. The molecule has 4 nitrogen and oxygen atoms in total. The Balaban J connectivity index is 1.68. The molecule has 0 spiro atoms. The summed E-state index contributed by atoms with van der Waals surface area (Å²) in [5.41, 5.74) is 3.20. The molecule has 0 unspecified atom stereocenters. The van der Waals surface area contributed by atoms with Crippen LogP contribution in [0.2, 0.25) is 0 Å². The van der Waals surface area contributed by atoms with E-state index in [1.807, 2.05) is 80.6 Å². The van der Waals surface area contributed by atoms with Gasteiger partial charge in [-0.3, -0.25) is 4.79 Å². The largest absolute Gasteiger partial charge is 0.489 e. The zero-order chi connectivity index (χ0) is 18.4. The molecular formula is C22H22N2O2. The molecule has 0 radical (unpaired) electrons. The Morgan fingerprint density at radius 2 is 1.42 bits per heavy atom. The van der Waals surface area contributed by atoms with Gasteiger partial charge in [0.25, 0.3) is 5.91 Å². The molecule has 0 aliphatic carbocycles. The maximum Gasteiger partial charge on any atom is 0.255 e. The zero-order valence-electron chi connectivity index (χ0n) is 14.9. The molecule has 1 amide bonds. The van der Waals surface area contributed by atoms with Crippen molar-refractivity contribution in [2.75, 3.05) is 10.6 Å². The highest BCUT2D eigenvalue weighted by atomic mass is 16.5. The first-order chi connectivity index (χ1) is 12.6. The van der Waals surface area contributed by atoms with Gasteiger partial charge < -0.3 is 15.4 Å². The molecule has 0 aromatic heterocycles. The fourth-order valence-electron chi connectivity index (χ4n) is 2.51. The Hall–Kier alpha value is -3.27. The highest BCUT2D eigenvalue weighted by Gasteiger charge is 2.07. The van der Waals surface area contributed by atoms with E-state index in [1.165, 1.54) is 0 Å². The molecule has 0 aliphatic heterocycles. The molecule has 0 saturated carbocycles. The molecule has 0 bridgehead atoms. The van der Waals surface area contributed by atoms with Gasteiger partial charge in [0.1, 0.15) is 5.75 Å². The first kappa shape index (κ1) is 17.5. The molecule has 0 aliphatic rings. The smallest absolute Gasteiger partial charge is 0.255 e. The summed E-state index contributed by atoms with van der Waals surface area (Å²) in [6, 6.07) is 24.6. The number of nitrogens with one attached hydrogen (secondary N) is 2. The Kier molecular flexibility index (Phi) is 5.54. The van der Waals surface area contributed by atoms with Crippen LogP contribution in [0.15, 0.2) is 78.9 Å². The summed E-state index contributed by atoms with van der Waals surface area (Å²) in [5, 5.41) is 6.25. The molecule has 3 rings (SSSR count). The van der Waals surface area contributed by atoms with E-state index < -0.39 is 0 Å². The van der Waals surface area contributed by atoms with E-state index in [-0.39, 0.29) is 12.0 Å². The van der Waals surface area contributed by atoms with Gasteiger partial charge in [0, 0.05) is 16.9 Å². The van der Waals surface area contributed by atoms with E-state index >= 15 is 0 Å². The van der Waals surface area contributed by atoms with E-state index in [1.54, 1.807) is 12.1 Å². The molecule has 0 fully saturated rings. The second kappa shape index (κ2) is 8.21. The number of hydrogen-bond acceptors (Lipinski definition) is 3. The van der Waals surface area contributed by atoms with Crippen molar-refractivity contribution in [2.24, 2.45) is 0 Å². The van der Waals surface area contributed by atoms with E-state index in [9.17, 15) is 4.79 Å². The predicted octanol–water partition coefficient (Wildman–Crippen LogP) is 5.47. The van der Waals surface area contributed by atoms with Crippen LogP contribution in [0.4, 0.5) is 17.1 Å². The fraction of sp³-hybridized carbons (Fsp3) is 0.136. The zero-order valence-corrected chi connectivity index (χ0v) is 14.9. The number of carbonyl (C=O) groups excluding carboxylic acids is 1. The fourth-order valence-corrected chi connectivity index (χ4v) is 2.51. The number of anilines is 3. The van der Waals surface area contributed by atoms with Crippen LogP contribution >= 0.6 is 0 Å². The second-order valence-corrected chi connectivity index (χ2v) is 6.19. The van der Waals surface area contributed by atoms with Crippen LogP contribution in [-0.2, 0) is 0 Å². The summed E-state index contributed by atoms with van der Waals surface area (Å²) < 4.78 is 5.82. The second-order valence-electron chi connectivity index (χ2n) is 6.19. The summed E-state index contributed by atoms with van der Waals surface area (Å²) in [4.78, 5) is 12.2. The average Bonchev–Trinajstić information content (AvgIpc) is 2.65. The molecular weight excluding hydrogens is 324 g/mol. The molecule has 3 aromatic rings. The Labute approximate surface area is 153 Å². The number of amides is 1. The molecule has 0 saturated heterocycles. The number of benzene rings is 3. The van der Waals surface area contributed by atoms with E-state index in [0.29, 0.717) is 5.56 Å². The lowest BCUT2D eigenvalue weighted by atomic mass is 10.2. The topological polar surface area (TPSA) is 50.4 Å². The molecule has 0 atom stereocenters. The Morgan fingerprint density at radius 3 is 2.12 bits per heavy atom. The lowest BCUT2D eigenvalue weighted by Gasteiger charge is -2.15. The molecule has 0 heterocycles. The minimum Gasteiger partial charge on any atom is -0.489 e. The summed E-state index contributed by atoms with van der Waals surface area (Å²) in [6.45, 7) is 4.00. The van der Waals surface area contributed by atoms with Crippen LogP contribution < -0.4 is 15.4 Å². The van der Waals surface area contributed by atoms with Crippen molar-refractivity contribution in [1.82, 2.24) is 0 Å². The SMILES string of the molecule is CC(C)Oc1ccccc1Nc1ccc(NC(=O)c2ccccc2)cc1. The molecule has 2 N–H and O–H groups in total. The Morgan fingerprint density at radius 1 is 0.808 bits per heavy atom. The van der Waals surface area contributed by atoms with Crippen LogP contribution in [0, 0.1) is 0 Å². The lowest BCUT2D eigenvalue weighted by Crippen LogP contribution is -2.11. The van der Waals surface area contributed by atoms with Crippen LogP contribution in [0.1, 0.15) is 24.2 Å². The van der Waals surface area contributed by atoms with Crippen molar-refractivity contribution in [3.8, 4) is 5.75 Å². The lowest BCUT2D eigenvalue weighted by molar-refractivity contribution is 0.102. The third-order valence-electron chi connectivity index (χ3n) is 3.71. The minimum absolute atomic E-state index is 0.105. The third-order valence-corrected chi connectivity index (χ3v) is 3.71. The maximum atomic E-state index is 12.2. The minimum atomic E-state index is -0.123. The van der Waals surface area contributed by atoms with Crippen molar-refractivity contribution in [1.29, 1.82) is 0 Å². The van der Waals surface area contributed by atoms with Gasteiger partial charge in [-0.15, -0.1) is 0 Å². The van der Waals surface area contributed by atoms with Gasteiger partial charge in [-0.2, -0.15) is 0 Å². The number of para-hydroxylation sites is 2. The monoisotopic (exact) mass is 346 g/mol.